The van der Waals surface area contributed by atoms with Gasteiger partial charge >= 0.3 is 0 Å². The van der Waals surface area contributed by atoms with Crippen molar-refractivity contribution in [1.29, 1.82) is 0 Å². The first-order valence-electron chi connectivity index (χ1n) is 8.96. The van der Waals surface area contributed by atoms with Crippen molar-refractivity contribution in [2.45, 2.75) is 45.8 Å². The molecule has 1 aliphatic rings. The van der Waals surface area contributed by atoms with Crippen molar-refractivity contribution in [1.82, 2.24) is 5.01 Å². The third-order valence-electron chi connectivity index (χ3n) is 3.99. The second-order valence-electron chi connectivity index (χ2n) is 5.97. The number of ether oxygens (including phenoxy) is 3. The summed E-state index contributed by atoms with van der Waals surface area (Å²) in [6.07, 6.45) is -7.88. The standard InChI is InChI=1S/C18H22F4N2O5/c1-4-27-12-7-10(8-13(28-5-2)14(12)29-6-3)16(25)24-18(26,17(21)22)9-11(23-24)15(19)20/h7-8,15,17,26H,4-6,9H2,1-3H3/t18-/m1/s1. The Kier molecular flexibility index (Phi) is 7.28. The van der Waals surface area contributed by atoms with E-state index < -0.39 is 36.6 Å². The summed E-state index contributed by atoms with van der Waals surface area (Å²) in [6, 6.07) is 2.39. The first-order valence-corrected chi connectivity index (χ1v) is 8.96. The fourth-order valence-electron chi connectivity index (χ4n) is 2.74. The number of hydrogen-bond acceptors (Lipinski definition) is 6. The first-order chi connectivity index (χ1) is 13.7. The summed E-state index contributed by atoms with van der Waals surface area (Å²) >= 11 is 0. The monoisotopic (exact) mass is 422 g/mol. The van der Waals surface area contributed by atoms with Gasteiger partial charge in [0.25, 0.3) is 18.8 Å². The lowest BCUT2D eigenvalue weighted by molar-refractivity contribution is -0.164. The second-order valence-corrected chi connectivity index (χ2v) is 5.97. The Morgan fingerprint density at radius 2 is 1.62 bits per heavy atom. The van der Waals surface area contributed by atoms with Crippen LogP contribution < -0.4 is 14.2 Å². The van der Waals surface area contributed by atoms with Crippen LogP contribution in [0.25, 0.3) is 0 Å². The first kappa shape index (κ1) is 22.7. The van der Waals surface area contributed by atoms with Gasteiger partial charge in [-0.2, -0.15) is 10.1 Å². The highest BCUT2D eigenvalue weighted by molar-refractivity contribution is 6.00. The number of rotatable bonds is 9. The molecule has 0 aliphatic carbocycles. The molecule has 1 atom stereocenters. The van der Waals surface area contributed by atoms with E-state index in [2.05, 4.69) is 5.10 Å². The minimum Gasteiger partial charge on any atom is -0.490 e. The van der Waals surface area contributed by atoms with Crippen molar-refractivity contribution in [3.8, 4) is 17.2 Å². The quantitative estimate of drug-likeness (QED) is 0.618. The minimum absolute atomic E-state index is 0.0136. The van der Waals surface area contributed by atoms with E-state index in [1.54, 1.807) is 20.8 Å². The summed E-state index contributed by atoms with van der Waals surface area (Å²) in [5, 5.41) is 13.4. The molecule has 1 aliphatic heterocycles. The molecule has 29 heavy (non-hydrogen) atoms. The van der Waals surface area contributed by atoms with Crippen molar-refractivity contribution in [3.05, 3.63) is 17.7 Å². The van der Waals surface area contributed by atoms with Gasteiger partial charge in [-0.1, -0.05) is 0 Å². The van der Waals surface area contributed by atoms with Gasteiger partial charge < -0.3 is 19.3 Å². The molecule has 11 heteroatoms. The number of aliphatic hydroxyl groups is 1. The Bertz CT molecular complexity index is 748. The Labute approximate surface area is 164 Å². The van der Waals surface area contributed by atoms with Gasteiger partial charge in [-0.3, -0.25) is 4.79 Å². The molecule has 0 unspecified atom stereocenters. The maximum absolute atomic E-state index is 13.4. The van der Waals surface area contributed by atoms with Crippen LogP contribution in [-0.4, -0.2) is 60.1 Å². The average Bonchev–Trinajstić information content (AvgIpc) is 3.03. The van der Waals surface area contributed by atoms with Crippen molar-refractivity contribution in [2.75, 3.05) is 19.8 Å². The minimum atomic E-state index is -3.52. The molecule has 1 N–H and O–H groups in total. The predicted octanol–water partition coefficient (Wildman–Crippen LogP) is 3.30. The Balaban J connectivity index is 2.55. The summed E-state index contributed by atoms with van der Waals surface area (Å²) in [6.45, 7) is 5.73. The maximum Gasteiger partial charge on any atom is 0.287 e. The highest BCUT2D eigenvalue weighted by Crippen LogP contribution is 2.41. The number of nitrogens with zero attached hydrogens (tertiary/aromatic N) is 2. The average molecular weight is 422 g/mol. The van der Waals surface area contributed by atoms with E-state index in [0.29, 0.717) is 0 Å². The molecule has 1 amide bonds. The van der Waals surface area contributed by atoms with Gasteiger partial charge in [0.15, 0.2) is 11.5 Å². The van der Waals surface area contributed by atoms with Crippen LogP contribution >= 0.6 is 0 Å². The van der Waals surface area contributed by atoms with Gasteiger partial charge in [0.1, 0.15) is 5.71 Å². The number of carbonyl (C=O) groups excluding carboxylic acids is 1. The molecule has 162 valence electrons. The zero-order valence-electron chi connectivity index (χ0n) is 16.1. The lowest BCUT2D eigenvalue weighted by Gasteiger charge is -2.30. The molecule has 0 fully saturated rings. The Hall–Kier alpha value is -2.56. The van der Waals surface area contributed by atoms with Crippen molar-refractivity contribution < 1.29 is 41.7 Å². The van der Waals surface area contributed by atoms with E-state index in [4.69, 9.17) is 14.2 Å². The van der Waals surface area contributed by atoms with Crippen LogP contribution in [0.5, 0.6) is 17.2 Å². The number of amides is 1. The van der Waals surface area contributed by atoms with Crippen molar-refractivity contribution in [3.63, 3.8) is 0 Å². The molecule has 1 aromatic carbocycles. The Morgan fingerprint density at radius 3 is 2.03 bits per heavy atom. The summed E-state index contributed by atoms with van der Waals surface area (Å²) in [5.41, 5.74) is -4.44. The zero-order chi connectivity index (χ0) is 21.8. The third kappa shape index (κ3) is 4.55. The third-order valence-corrected chi connectivity index (χ3v) is 3.99. The van der Waals surface area contributed by atoms with Gasteiger partial charge in [0.2, 0.25) is 11.5 Å². The van der Waals surface area contributed by atoms with Crippen LogP contribution in [0, 0.1) is 0 Å². The fourth-order valence-corrected chi connectivity index (χ4v) is 2.74. The van der Waals surface area contributed by atoms with E-state index in [0.717, 1.165) is 0 Å². The number of hydrogen-bond donors (Lipinski definition) is 1. The number of benzene rings is 1. The SMILES string of the molecule is CCOc1cc(C(=O)N2N=C(C(F)F)C[C@@]2(O)C(F)F)cc(OCC)c1OCC. The molecular weight excluding hydrogens is 400 g/mol. The lowest BCUT2D eigenvalue weighted by Crippen LogP contribution is -2.51. The number of alkyl halides is 4. The molecule has 0 spiro atoms. The molecular formula is C18H22F4N2O5. The van der Waals surface area contributed by atoms with Crippen LogP contribution in [0.2, 0.25) is 0 Å². The Morgan fingerprint density at radius 1 is 1.10 bits per heavy atom. The normalized spacial score (nSPS) is 19.0. The van der Waals surface area contributed by atoms with Crippen LogP contribution in [0.4, 0.5) is 17.6 Å². The van der Waals surface area contributed by atoms with E-state index in [-0.39, 0.29) is 47.6 Å². The number of hydrazone groups is 1. The second kappa shape index (κ2) is 9.29. The summed E-state index contributed by atoms with van der Waals surface area (Å²) < 4.78 is 69.2. The van der Waals surface area contributed by atoms with E-state index >= 15 is 0 Å². The van der Waals surface area contributed by atoms with E-state index in [1.165, 1.54) is 12.1 Å². The van der Waals surface area contributed by atoms with Crippen molar-refractivity contribution >= 4 is 11.6 Å². The number of halogens is 4. The molecule has 0 saturated carbocycles. The molecule has 1 heterocycles. The molecule has 0 radical (unpaired) electrons. The van der Waals surface area contributed by atoms with Gasteiger partial charge in [0.05, 0.1) is 19.8 Å². The maximum atomic E-state index is 13.4. The molecule has 7 nitrogen and oxygen atoms in total. The summed E-state index contributed by atoms with van der Waals surface area (Å²) in [7, 11) is 0. The highest BCUT2D eigenvalue weighted by atomic mass is 19.3. The zero-order valence-corrected chi connectivity index (χ0v) is 16.1. The molecule has 2 rings (SSSR count). The lowest BCUT2D eigenvalue weighted by atomic mass is 10.1. The highest BCUT2D eigenvalue weighted by Gasteiger charge is 2.53. The van der Waals surface area contributed by atoms with Crippen LogP contribution in [0.1, 0.15) is 37.6 Å². The van der Waals surface area contributed by atoms with Crippen LogP contribution in [0.15, 0.2) is 17.2 Å². The molecule has 1 aromatic rings. The van der Waals surface area contributed by atoms with E-state index in [1.807, 2.05) is 0 Å². The van der Waals surface area contributed by atoms with Gasteiger partial charge in [-0.05, 0) is 32.9 Å². The van der Waals surface area contributed by atoms with Gasteiger partial charge in [-0.15, -0.1) is 0 Å². The van der Waals surface area contributed by atoms with Crippen molar-refractivity contribution in [2.24, 2.45) is 5.10 Å². The fraction of sp³-hybridized carbons (Fsp3) is 0.556. The molecule has 0 aromatic heterocycles. The van der Waals surface area contributed by atoms with Crippen LogP contribution in [-0.2, 0) is 0 Å². The van der Waals surface area contributed by atoms with E-state index in [9.17, 15) is 27.5 Å². The molecule has 0 bridgehead atoms. The van der Waals surface area contributed by atoms with Gasteiger partial charge in [-0.25, -0.2) is 17.6 Å². The largest absolute Gasteiger partial charge is 0.490 e. The number of carbonyl (C=O) groups is 1. The summed E-state index contributed by atoms with van der Waals surface area (Å²) in [5.74, 6) is -0.813. The molecule has 0 saturated heterocycles. The van der Waals surface area contributed by atoms with Crippen LogP contribution in [0.3, 0.4) is 0 Å². The topological polar surface area (TPSA) is 80.6 Å². The summed E-state index contributed by atoms with van der Waals surface area (Å²) in [4.78, 5) is 12.8. The van der Waals surface area contributed by atoms with Gasteiger partial charge in [0, 0.05) is 12.0 Å². The predicted molar refractivity (Wildman–Crippen MR) is 95.1 cm³/mol. The smallest absolute Gasteiger partial charge is 0.287 e.